The molecule has 0 aromatic heterocycles. The molecule has 0 aliphatic heterocycles. The van der Waals surface area contributed by atoms with Gasteiger partial charge in [0.15, 0.2) is 6.10 Å². The van der Waals surface area contributed by atoms with Crippen molar-refractivity contribution in [3.05, 3.63) is 89.4 Å². The number of halogens is 1. The first-order chi connectivity index (χ1) is 13.5. The van der Waals surface area contributed by atoms with Gasteiger partial charge in [0.1, 0.15) is 5.75 Å². The standard InChI is InChI=1S/C22H19ClN2O3/c1-15(28-18-7-3-2-4-8-18)21(26)24-17-13-11-16(12-14-17)22(27)25-20-10-6-5-9-19(20)23/h2-15H,1H3,(H,24,26)(H,25,27)/t15-/m0/s1. The maximum absolute atomic E-state index is 12.3. The number of amides is 2. The molecule has 0 saturated carbocycles. The molecule has 3 aromatic carbocycles. The second kappa shape index (κ2) is 9.06. The third-order valence-electron chi connectivity index (χ3n) is 3.96. The van der Waals surface area contributed by atoms with Gasteiger partial charge in [-0.15, -0.1) is 0 Å². The lowest BCUT2D eigenvalue weighted by Gasteiger charge is -2.15. The van der Waals surface area contributed by atoms with Gasteiger partial charge < -0.3 is 15.4 Å². The van der Waals surface area contributed by atoms with Crippen molar-refractivity contribution in [3.8, 4) is 5.75 Å². The molecule has 0 saturated heterocycles. The summed E-state index contributed by atoms with van der Waals surface area (Å²) < 4.78 is 5.60. The molecule has 3 aromatic rings. The van der Waals surface area contributed by atoms with Gasteiger partial charge in [0.2, 0.25) is 0 Å². The lowest BCUT2D eigenvalue weighted by molar-refractivity contribution is -0.122. The number of carbonyl (C=O) groups is 2. The highest BCUT2D eigenvalue weighted by Gasteiger charge is 2.15. The number of ether oxygens (including phenoxy) is 1. The molecule has 0 heterocycles. The van der Waals surface area contributed by atoms with Crippen LogP contribution in [0.15, 0.2) is 78.9 Å². The van der Waals surface area contributed by atoms with Gasteiger partial charge in [-0.05, 0) is 55.5 Å². The number of para-hydroxylation sites is 2. The van der Waals surface area contributed by atoms with Gasteiger partial charge in [-0.1, -0.05) is 41.9 Å². The van der Waals surface area contributed by atoms with Crippen LogP contribution in [0.5, 0.6) is 5.75 Å². The highest BCUT2D eigenvalue weighted by Crippen LogP contribution is 2.21. The Hall–Kier alpha value is -3.31. The molecule has 142 valence electrons. The molecule has 0 fully saturated rings. The first kappa shape index (κ1) is 19.5. The zero-order chi connectivity index (χ0) is 19.9. The minimum atomic E-state index is -0.661. The third-order valence-corrected chi connectivity index (χ3v) is 4.29. The van der Waals surface area contributed by atoms with E-state index in [1.165, 1.54) is 0 Å². The molecule has 2 amide bonds. The quantitative estimate of drug-likeness (QED) is 0.618. The number of nitrogens with one attached hydrogen (secondary N) is 2. The van der Waals surface area contributed by atoms with Gasteiger partial charge in [-0.2, -0.15) is 0 Å². The molecule has 28 heavy (non-hydrogen) atoms. The maximum atomic E-state index is 12.3. The highest BCUT2D eigenvalue weighted by molar-refractivity contribution is 6.33. The van der Waals surface area contributed by atoms with Crippen LogP contribution in [0.25, 0.3) is 0 Å². The van der Waals surface area contributed by atoms with Crippen LogP contribution in [0.1, 0.15) is 17.3 Å². The number of carbonyl (C=O) groups excluding carboxylic acids is 2. The third kappa shape index (κ3) is 5.11. The first-order valence-electron chi connectivity index (χ1n) is 8.71. The topological polar surface area (TPSA) is 67.4 Å². The van der Waals surface area contributed by atoms with Gasteiger partial charge in [0.25, 0.3) is 11.8 Å². The first-order valence-corrected chi connectivity index (χ1v) is 9.09. The van der Waals surface area contributed by atoms with Crippen LogP contribution >= 0.6 is 11.6 Å². The van der Waals surface area contributed by atoms with E-state index in [-0.39, 0.29) is 11.8 Å². The number of hydrogen-bond acceptors (Lipinski definition) is 3. The molecule has 0 radical (unpaired) electrons. The van der Waals surface area contributed by atoms with E-state index in [0.29, 0.717) is 27.7 Å². The molecule has 2 N–H and O–H groups in total. The normalized spacial score (nSPS) is 11.4. The van der Waals surface area contributed by atoms with Crippen LogP contribution in [0.3, 0.4) is 0 Å². The van der Waals surface area contributed by atoms with Crippen molar-refractivity contribution in [2.24, 2.45) is 0 Å². The van der Waals surface area contributed by atoms with Crippen molar-refractivity contribution >= 4 is 34.8 Å². The van der Waals surface area contributed by atoms with Crippen molar-refractivity contribution in [3.63, 3.8) is 0 Å². The van der Waals surface area contributed by atoms with Crippen LogP contribution in [-0.2, 0) is 4.79 Å². The Morgan fingerprint density at radius 3 is 2.18 bits per heavy atom. The monoisotopic (exact) mass is 394 g/mol. The van der Waals surface area contributed by atoms with Crippen molar-refractivity contribution in [2.45, 2.75) is 13.0 Å². The van der Waals surface area contributed by atoms with Crippen LogP contribution in [0.4, 0.5) is 11.4 Å². The van der Waals surface area contributed by atoms with Crippen LogP contribution in [0, 0.1) is 0 Å². The Kier molecular flexibility index (Phi) is 6.29. The summed E-state index contributed by atoms with van der Waals surface area (Å²) in [6, 6.07) is 22.7. The predicted octanol–water partition coefficient (Wildman–Crippen LogP) is 5.00. The van der Waals surface area contributed by atoms with Gasteiger partial charge in [-0.25, -0.2) is 0 Å². The molecule has 0 aliphatic carbocycles. The molecule has 5 nitrogen and oxygen atoms in total. The zero-order valence-electron chi connectivity index (χ0n) is 15.2. The van der Waals surface area contributed by atoms with Gasteiger partial charge in [-0.3, -0.25) is 9.59 Å². The van der Waals surface area contributed by atoms with E-state index in [4.69, 9.17) is 16.3 Å². The molecule has 0 spiro atoms. The summed E-state index contributed by atoms with van der Waals surface area (Å²) in [5, 5.41) is 5.99. The SMILES string of the molecule is C[C@H](Oc1ccccc1)C(=O)Nc1ccc(C(=O)Nc2ccccc2Cl)cc1. The molecule has 0 unspecified atom stereocenters. The van der Waals surface area contributed by atoms with E-state index < -0.39 is 6.10 Å². The Labute approximate surface area is 168 Å². The van der Waals surface area contributed by atoms with Crippen LogP contribution in [-0.4, -0.2) is 17.9 Å². The molecular weight excluding hydrogens is 376 g/mol. The minimum absolute atomic E-state index is 0.280. The summed E-state index contributed by atoms with van der Waals surface area (Å²) >= 11 is 6.05. The van der Waals surface area contributed by atoms with Crippen molar-refractivity contribution in [2.75, 3.05) is 10.6 Å². The van der Waals surface area contributed by atoms with E-state index in [9.17, 15) is 9.59 Å². The zero-order valence-corrected chi connectivity index (χ0v) is 15.9. The fourth-order valence-electron chi connectivity index (χ4n) is 2.46. The van der Waals surface area contributed by atoms with E-state index in [0.717, 1.165) is 0 Å². The Morgan fingerprint density at radius 1 is 0.857 bits per heavy atom. The summed E-state index contributed by atoms with van der Waals surface area (Å²) in [5.74, 6) is 0.0561. The number of benzene rings is 3. The minimum Gasteiger partial charge on any atom is -0.481 e. The summed E-state index contributed by atoms with van der Waals surface area (Å²) in [4.78, 5) is 24.6. The average Bonchev–Trinajstić information content (AvgIpc) is 2.71. The Bertz CT molecular complexity index is 959. The van der Waals surface area contributed by atoms with Crippen molar-refractivity contribution in [1.82, 2.24) is 0 Å². The van der Waals surface area contributed by atoms with Crippen molar-refractivity contribution < 1.29 is 14.3 Å². The second-order valence-corrected chi connectivity index (χ2v) is 6.48. The smallest absolute Gasteiger partial charge is 0.265 e. The summed E-state index contributed by atoms with van der Waals surface area (Å²) in [5.41, 5.74) is 1.56. The molecule has 3 rings (SSSR count). The van der Waals surface area contributed by atoms with Crippen LogP contribution in [0.2, 0.25) is 5.02 Å². The lowest BCUT2D eigenvalue weighted by Crippen LogP contribution is -2.30. The largest absolute Gasteiger partial charge is 0.481 e. The Morgan fingerprint density at radius 2 is 1.50 bits per heavy atom. The van der Waals surface area contributed by atoms with E-state index in [1.54, 1.807) is 67.6 Å². The van der Waals surface area contributed by atoms with E-state index in [1.807, 2.05) is 18.2 Å². The van der Waals surface area contributed by atoms with E-state index >= 15 is 0 Å². The highest BCUT2D eigenvalue weighted by atomic mass is 35.5. The van der Waals surface area contributed by atoms with Gasteiger partial charge in [0.05, 0.1) is 10.7 Å². The summed E-state index contributed by atoms with van der Waals surface area (Å²) in [7, 11) is 0. The fraction of sp³-hybridized carbons (Fsp3) is 0.0909. The number of hydrogen-bond donors (Lipinski definition) is 2. The fourth-order valence-corrected chi connectivity index (χ4v) is 2.65. The summed E-state index contributed by atoms with van der Waals surface area (Å²) in [6.45, 7) is 1.67. The molecule has 6 heteroatoms. The average molecular weight is 395 g/mol. The van der Waals surface area contributed by atoms with Crippen molar-refractivity contribution in [1.29, 1.82) is 0 Å². The van der Waals surface area contributed by atoms with Gasteiger partial charge in [0, 0.05) is 11.3 Å². The van der Waals surface area contributed by atoms with Crippen LogP contribution < -0.4 is 15.4 Å². The molecule has 1 atom stereocenters. The van der Waals surface area contributed by atoms with E-state index in [2.05, 4.69) is 10.6 Å². The Balaban J connectivity index is 1.58. The summed E-state index contributed by atoms with van der Waals surface area (Å²) in [6.07, 6.45) is -0.661. The molecular formula is C22H19ClN2O3. The molecule has 0 aliphatic rings. The predicted molar refractivity (Wildman–Crippen MR) is 111 cm³/mol. The number of anilines is 2. The maximum Gasteiger partial charge on any atom is 0.265 e. The number of rotatable bonds is 6. The van der Waals surface area contributed by atoms with Gasteiger partial charge >= 0.3 is 0 Å². The molecule has 0 bridgehead atoms. The second-order valence-electron chi connectivity index (χ2n) is 6.07. The lowest BCUT2D eigenvalue weighted by atomic mass is 10.2.